The molecule has 1 heterocycles. The molecular weight excluding hydrogens is 375 g/mol. The van der Waals surface area contributed by atoms with Crippen LogP contribution in [0.1, 0.15) is 58.4 Å². The third kappa shape index (κ3) is 4.39. The van der Waals surface area contributed by atoms with Crippen LogP contribution < -0.4 is 0 Å². The van der Waals surface area contributed by atoms with E-state index in [0.29, 0.717) is 29.1 Å². The maximum atomic E-state index is 13.3. The van der Waals surface area contributed by atoms with E-state index in [4.69, 9.17) is 4.74 Å². The molecule has 2 aromatic rings. The highest BCUT2D eigenvalue weighted by Gasteiger charge is 2.32. The number of esters is 1. The number of amides is 1. The lowest BCUT2D eigenvalue weighted by atomic mass is 9.99. The van der Waals surface area contributed by atoms with Crippen molar-refractivity contribution in [2.45, 2.75) is 53.8 Å². The van der Waals surface area contributed by atoms with Gasteiger partial charge in [-0.25, -0.2) is 9.18 Å². The first kappa shape index (κ1) is 22.3. The van der Waals surface area contributed by atoms with Crippen molar-refractivity contribution in [2.24, 2.45) is 0 Å². The molecule has 7 heteroatoms. The van der Waals surface area contributed by atoms with Gasteiger partial charge in [0.05, 0.1) is 13.2 Å². The van der Waals surface area contributed by atoms with Crippen LogP contribution in [0, 0.1) is 19.7 Å². The van der Waals surface area contributed by atoms with E-state index in [0.717, 1.165) is 5.56 Å². The molecule has 0 bridgehead atoms. The summed E-state index contributed by atoms with van der Waals surface area (Å²) in [6.07, 6.45) is 0. The lowest BCUT2D eigenvalue weighted by molar-refractivity contribution is -0.130. The SMILES string of the molecule is CCn1c(C)c(C(=O)C(C)N(Cc2ccc(F)cc2)C(C)=O)c(C)c1C(=O)OC. The first-order chi connectivity index (χ1) is 13.6. The van der Waals surface area contributed by atoms with E-state index >= 15 is 0 Å². The van der Waals surface area contributed by atoms with Gasteiger partial charge in [0.2, 0.25) is 5.91 Å². The second-order valence-electron chi connectivity index (χ2n) is 6.98. The Morgan fingerprint density at radius 1 is 1.17 bits per heavy atom. The minimum Gasteiger partial charge on any atom is -0.464 e. The van der Waals surface area contributed by atoms with E-state index in [-0.39, 0.29) is 24.1 Å². The number of ether oxygens (including phenoxy) is 1. The number of carbonyl (C=O) groups excluding carboxylic acids is 3. The molecular formula is C22H27FN2O4. The molecule has 1 aromatic carbocycles. The average molecular weight is 402 g/mol. The monoisotopic (exact) mass is 402 g/mol. The maximum Gasteiger partial charge on any atom is 0.354 e. The largest absolute Gasteiger partial charge is 0.464 e. The van der Waals surface area contributed by atoms with Gasteiger partial charge in [-0.2, -0.15) is 0 Å². The summed E-state index contributed by atoms with van der Waals surface area (Å²) in [6.45, 7) is 9.11. The van der Waals surface area contributed by atoms with Gasteiger partial charge in [-0.3, -0.25) is 9.59 Å². The van der Waals surface area contributed by atoms with Crippen molar-refractivity contribution in [3.8, 4) is 0 Å². The summed E-state index contributed by atoms with van der Waals surface area (Å²) >= 11 is 0. The Morgan fingerprint density at radius 2 is 1.76 bits per heavy atom. The Kier molecular flexibility index (Phi) is 6.95. The van der Waals surface area contributed by atoms with E-state index in [1.54, 1.807) is 37.5 Å². The van der Waals surface area contributed by atoms with Crippen LogP contribution in [0.15, 0.2) is 24.3 Å². The van der Waals surface area contributed by atoms with Crippen molar-refractivity contribution in [1.82, 2.24) is 9.47 Å². The van der Waals surface area contributed by atoms with Gasteiger partial charge in [-0.05, 0) is 51.0 Å². The summed E-state index contributed by atoms with van der Waals surface area (Å²) in [5, 5.41) is 0. The predicted molar refractivity (Wildman–Crippen MR) is 107 cm³/mol. The fourth-order valence-corrected chi connectivity index (χ4v) is 3.67. The number of aromatic nitrogens is 1. The van der Waals surface area contributed by atoms with Crippen LogP contribution in [0.5, 0.6) is 0 Å². The minimum absolute atomic E-state index is 0.180. The highest BCUT2D eigenvalue weighted by atomic mass is 19.1. The van der Waals surface area contributed by atoms with Gasteiger partial charge in [0.15, 0.2) is 5.78 Å². The first-order valence-corrected chi connectivity index (χ1v) is 9.47. The van der Waals surface area contributed by atoms with Crippen molar-refractivity contribution in [3.05, 3.63) is 58.2 Å². The molecule has 6 nitrogen and oxygen atoms in total. The van der Waals surface area contributed by atoms with E-state index in [2.05, 4.69) is 0 Å². The summed E-state index contributed by atoms with van der Waals surface area (Å²) in [7, 11) is 1.30. The van der Waals surface area contributed by atoms with E-state index in [1.807, 2.05) is 6.92 Å². The van der Waals surface area contributed by atoms with Crippen LogP contribution in [0.25, 0.3) is 0 Å². The third-order valence-corrected chi connectivity index (χ3v) is 5.23. The number of benzene rings is 1. The topological polar surface area (TPSA) is 68.6 Å². The molecule has 0 saturated carbocycles. The number of hydrogen-bond acceptors (Lipinski definition) is 4. The smallest absolute Gasteiger partial charge is 0.354 e. The van der Waals surface area contributed by atoms with Crippen LogP contribution in [0.2, 0.25) is 0 Å². The molecule has 29 heavy (non-hydrogen) atoms. The standard InChI is InChI=1S/C22H27FN2O4/c1-7-24-14(3)19(13(2)20(24)22(28)29-6)21(27)15(4)25(16(5)26)12-17-8-10-18(23)11-9-17/h8-11,15H,7,12H2,1-6H3. The zero-order chi connectivity index (χ0) is 21.9. The van der Waals surface area contributed by atoms with Crippen molar-refractivity contribution in [3.63, 3.8) is 0 Å². The van der Waals surface area contributed by atoms with Crippen molar-refractivity contribution >= 4 is 17.7 Å². The van der Waals surface area contributed by atoms with Crippen LogP contribution in [-0.4, -0.2) is 40.3 Å². The number of rotatable bonds is 7. The van der Waals surface area contributed by atoms with Crippen LogP contribution in [0.4, 0.5) is 4.39 Å². The van der Waals surface area contributed by atoms with Crippen LogP contribution >= 0.6 is 0 Å². The molecule has 0 aliphatic heterocycles. The molecule has 1 amide bonds. The average Bonchev–Trinajstić information content (AvgIpc) is 2.95. The number of carbonyl (C=O) groups is 3. The second kappa shape index (κ2) is 9.03. The van der Waals surface area contributed by atoms with Crippen LogP contribution in [0.3, 0.4) is 0 Å². The highest BCUT2D eigenvalue weighted by Crippen LogP contribution is 2.26. The first-order valence-electron chi connectivity index (χ1n) is 9.47. The highest BCUT2D eigenvalue weighted by molar-refractivity contribution is 6.06. The fraction of sp³-hybridized carbons (Fsp3) is 0.409. The second-order valence-corrected chi connectivity index (χ2v) is 6.98. The zero-order valence-corrected chi connectivity index (χ0v) is 17.7. The molecule has 1 aromatic heterocycles. The number of nitrogens with zero attached hydrogens (tertiary/aromatic N) is 2. The predicted octanol–water partition coefficient (Wildman–Crippen LogP) is 3.67. The van der Waals surface area contributed by atoms with Gasteiger partial charge in [-0.15, -0.1) is 0 Å². The number of halogens is 1. The van der Waals surface area contributed by atoms with E-state index in [9.17, 15) is 18.8 Å². The fourth-order valence-electron chi connectivity index (χ4n) is 3.67. The minimum atomic E-state index is -0.756. The normalized spacial score (nSPS) is 11.8. The lowest BCUT2D eigenvalue weighted by Gasteiger charge is -2.27. The number of hydrogen-bond donors (Lipinski definition) is 0. The molecule has 0 fully saturated rings. The summed E-state index contributed by atoms with van der Waals surface area (Å²) in [4.78, 5) is 39.3. The van der Waals surface area contributed by atoms with E-state index < -0.39 is 12.0 Å². The number of methoxy groups -OCH3 is 1. The van der Waals surface area contributed by atoms with Gasteiger partial charge in [-0.1, -0.05) is 12.1 Å². The van der Waals surface area contributed by atoms with Crippen molar-refractivity contribution in [1.29, 1.82) is 0 Å². The summed E-state index contributed by atoms with van der Waals surface area (Å²) in [5.74, 6) is -1.40. The van der Waals surface area contributed by atoms with Gasteiger partial charge in [0, 0.05) is 31.3 Å². The molecule has 0 spiro atoms. The Morgan fingerprint density at radius 3 is 2.24 bits per heavy atom. The molecule has 1 unspecified atom stereocenters. The zero-order valence-electron chi connectivity index (χ0n) is 17.7. The van der Waals surface area contributed by atoms with Crippen molar-refractivity contribution < 1.29 is 23.5 Å². The Balaban J connectivity index is 2.43. The molecule has 0 radical (unpaired) electrons. The van der Waals surface area contributed by atoms with Gasteiger partial charge >= 0.3 is 5.97 Å². The van der Waals surface area contributed by atoms with Gasteiger partial charge < -0.3 is 14.2 Å². The van der Waals surface area contributed by atoms with Gasteiger partial charge in [0.25, 0.3) is 0 Å². The lowest BCUT2D eigenvalue weighted by Crippen LogP contribution is -2.42. The molecule has 0 saturated heterocycles. The maximum absolute atomic E-state index is 13.3. The molecule has 0 N–H and O–H groups in total. The molecule has 156 valence electrons. The van der Waals surface area contributed by atoms with E-state index in [1.165, 1.54) is 31.1 Å². The quantitative estimate of drug-likeness (QED) is 0.523. The molecule has 2 rings (SSSR count). The van der Waals surface area contributed by atoms with Gasteiger partial charge in [0.1, 0.15) is 11.5 Å². The van der Waals surface area contributed by atoms with Crippen molar-refractivity contribution in [2.75, 3.05) is 7.11 Å². The summed E-state index contributed by atoms with van der Waals surface area (Å²) in [6, 6.07) is 5.05. The number of ketones is 1. The molecule has 0 aliphatic rings. The summed E-state index contributed by atoms with van der Waals surface area (Å²) < 4.78 is 19.8. The Hall–Kier alpha value is -2.96. The molecule has 1 atom stereocenters. The third-order valence-electron chi connectivity index (χ3n) is 5.23. The Bertz CT molecular complexity index is 931. The number of Topliss-reactive ketones (excluding diaryl/α,β-unsaturated/α-hetero) is 1. The summed E-state index contributed by atoms with van der Waals surface area (Å²) in [5.41, 5.74) is 2.68. The van der Waals surface area contributed by atoms with Crippen LogP contribution in [-0.2, 0) is 22.6 Å². The Labute approximate surface area is 170 Å². The molecule has 0 aliphatic carbocycles.